The van der Waals surface area contributed by atoms with Crippen molar-refractivity contribution >= 4 is 28.4 Å². The third-order valence-electron chi connectivity index (χ3n) is 4.22. The topological polar surface area (TPSA) is 64.1 Å². The second-order valence-electron chi connectivity index (χ2n) is 6.20. The van der Waals surface area contributed by atoms with Crippen LogP contribution in [0.15, 0.2) is 73.1 Å². The lowest BCUT2D eigenvalue weighted by atomic mass is 10.1. The summed E-state index contributed by atoms with van der Waals surface area (Å²) in [6, 6.07) is 16.7. The van der Waals surface area contributed by atoms with Crippen LogP contribution >= 0.6 is 11.6 Å². The molecule has 29 heavy (non-hydrogen) atoms. The van der Waals surface area contributed by atoms with Crippen LogP contribution in [0, 0.1) is 5.82 Å². The number of rotatable bonds is 5. The number of nitrogens with one attached hydrogen (secondary N) is 1. The van der Waals surface area contributed by atoms with Crippen LogP contribution in [0.5, 0.6) is 11.5 Å². The highest BCUT2D eigenvalue weighted by molar-refractivity contribution is 6.34. The molecule has 4 aromatic rings. The first-order chi connectivity index (χ1) is 14.1. The van der Waals surface area contributed by atoms with Crippen molar-refractivity contribution < 1.29 is 13.9 Å². The maximum atomic E-state index is 13.8. The largest absolute Gasteiger partial charge is 0.455 e. The lowest BCUT2D eigenvalue weighted by molar-refractivity contribution is 0.0948. The number of benzene rings is 2. The lowest BCUT2D eigenvalue weighted by Crippen LogP contribution is -2.24. The molecule has 4 rings (SSSR count). The number of fused-ring (bicyclic) bond motifs is 1. The lowest BCUT2D eigenvalue weighted by Gasteiger charge is -2.13. The van der Waals surface area contributed by atoms with Gasteiger partial charge in [0.25, 0.3) is 5.91 Å². The van der Waals surface area contributed by atoms with Gasteiger partial charge in [0.05, 0.1) is 23.5 Å². The molecule has 5 nitrogen and oxygen atoms in total. The maximum absolute atomic E-state index is 13.8. The van der Waals surface area contributed by atoms with Gasteiger partial charge >= 0.3 is 0 Å². The van der Waals surface area contributed by atoms with E-state index in [-0.39, 0.29) is 28.4 Å². The molecule has 0 aliphatic carbocycles. The summed E-state index contributed by atoms with van der Waals surface area (Å²) >= 11 is 6.27. The molecule has 7 heteroatoms. The average Bonchev–Trinajstić information content (AvgIpc) is 2.73. The van der Waals surface area contributed by atoms with Crippen molar-refractivity contribution in [3.05, 3.63) is 95.2 Å². The standard InChI is InChI=1S/C22H15ClFN3O2/c23-17-7-4-9-19(20(17)22(28)27-12-15-6-1-2-10-25-15)29-16-11-14-5-3-8-18(24)21(14)26-13-16/h1-11,13H,12H2,(H,27,28). The van der Waals surface area contributed by atoms with Crippen LogP contribution in [0.3, 0.4) is 0 Å². The van der Waals surface area contributed by atoms with Gasteiger partial charge in [0.15, 0.2) is 0 Å². The predicted octanol–water partition coefficient (Wildman–Crippen LogP) is 5.14. The zero-order valence-corrected chi connectivity index (χ0v) is 15.9. The zero-order chi connectivity index (χ0) is 20.2. The minimum atomic E-state index is -0.411. The maximum Gasteiger partial charge on any atom is 0.256 e. The molecule has 0 aliphatic rings. The normalized spacial score (nSPS) is 10.7. The molecule has 0 saturated heterocycles. The molecule has 0 bridgehead atoms. The van der Waals surface area contributed by atoms with E-state index in [4.69, 9.17) is 16.3 Å². The monoisotopic (exact) mass is 407 g/mol. The Kier molecular flexibility index (Phi) is 5.35. The number of carbonyl (C=O) groups is 1. The molecule has 2 aromatic heterocycles. The Bertz CT molecular complexity index is 1190. The molecule has 1 N–H and O–H groups in total. The summed E-state index contributed by atoms with van der Waals surface area (Å²) in [4.78, 5) is 21.0. The number of aromatic nitrogens is 2. The highest BCUT2D eigenvalue weighted by Gasteiger charge is 2.18. The number of nitrogens with zero attached hydrogens (tertiary/aromatic N) is 2. The highest BCUT2D eigenvalue weighted by Crippen LogP contribution is 2.31. The fourth-order valence-corrected chi connectivity index (χ4v) is 3.11. The summed E-state index contributed by atoms with van der Waals surface area (Å²) in [7, 11) is 0. The SMILES string of the molecule is O=C(NCc1ccccn1)c1c(Cl)cccc1Oc1cnc2c(F)cccc2c1. The van der Waals surface area contributed by atoms with E-state index in [1.54, 1.807) is 48.7 Å². The van der Waals surface area contributed by atoms with Gasteiger partial charge in [-0.1, -0.05) is 35.9 Å². The van der Waals surface area contributed by atoms with Crippen molar-refractivity contribution in [3.8, 4) is 11.5 Å². The van der Waals surface area contributed by atoms with Crippen LogP contribution in [0.2, 0.25) is 5.02 Å². The van der Waals surface area contributed by atoms with Crippen molar-refractivity contribution in [2.75, 3.05) is 0 Å². The molecule has 144 valence electrons. The fraction of sp³-hybridized carbons (Fsp3) is 0.0455. The number of halogens is 2. The van der Waals surface area contributed by atoms with Gasteiger partial charge in [0.1, 0.15) is 28.4 Å². The number of para-hydroxylation sites is 1. The van der Waals surface area contributed by atoms with Crippen molar-refractivity contribution in [1.29, 1.82) is 0 Å². The molecule has 0 aliphatic heterocycles. The van der Waals surface area contributed by atoms with E-state index in [0.717, 1.165) is 5.69 Å². The molecular formula is C22H15ClFN3O2. The van der Waals surface area contributed by atoms with Crippen molar-refractivity contribution in [1.82, 2.24) is 15.3 Å². The number of pyridine rings is 2. The summed E-state index contributed by atoms with van der Waals surface area (Å²) in [5.74, 6) is -0.167. The molecule has 2 aromatic carbocycles. The summed E-state index contributed by atoms with van der Waals surface area (Å²) in [5, 5.41) is 3.63. The Hall–Kier alpha value is -3.51. The number of hydrogen-bond donors (Lipinski definition) is 1. The van der Waals surface area contributed by atoms with E-state index < -0.39 is 11.7 Å². The molecule has 1 amide bonds. The van der Waals surface area contributed by atoms with Gasteiger partial charge in [-0.3, -0.25) is 9.78 Å². The first-order valence-electron chi connectivity index (χ1n) is 8.80. The second-order valence-corrected chi connectivity index (χ2v) is 6.61. The Morgan fingerprint density at radius 1 is 1.07 bits per heavy atom. The number of hydrogen-bond acceptors (Lipinski definition) is 4. The summed E-state index contributed by atoms with van der Waals surface area (Å²) in [6.07, 6.45) is 3.06. The van der Waals surface area contributed by atoms with Gasteiger partial charge in [-0.05, 0) is 36.4 Å². The van der Waals surface area contributed by atoms with Gasteiger partial charge < -0.3 is 10.1 Å². The minimum Gasteiger partial charge on any atom is -0.455 e. The molecule has 0 fully saturated rings. The average molecular weight is 408 g/mol. The van der Waals surface area contributed by atoms with E-state index in [9.17, 15) is 9.18 Å². The van der Waals surface area contributed by atoms with Crippen molar-refractivity contribution in [3.63, 3.8) is 0 Å². The van der Waals surface area contributed by atoms with E-state index >= 15 is 0 Å². The van der Waals surface area contributed by atoms with Gasteiger partial charge in [-0.25, -0.2) is 9.37 Å². The van der Waals surface area contributed by atoms with Crippen LogP contribution in [-0.4, -0.2) is 15.9 Å². The molecular weight excluding hydrogens is 393 g/mol. The Morgan fingerprint density at radius 3 is 2.76 bits per heavy atom. The molecule has 0 saturated carbocycles. The van der Waals surface area contributed by atoms with Gasteiger partial charge in [0.2, 0.25) is 0 Å². The smallest absolute Gasteiger partial charge is 0.256 e. The molecule has 0 unspecified atom stereocenters. The van der Waals surface area contributed by atoms with E-state index in [1.165, 1.54) is 12.3 Å². The van der Waals surface area contributed by atoms with Crippen LogP contribution in [0.25, 0.3) is 10.9 Å². The van der Waals surface area contributed by atoms with E-state index in [1.807, 2.05) is 12.1 Å². The first kappa shape index (κ1) is 18.8. The van der Waals surface area contributed by atoms with Crippen molar-refractivity contribution in [2.45, 2.75) is 6.54 Å². The second kappa shape index (κ2) is 8.24. The fourth-order valence-electron chi connectivity index (χ4n) is 2.86. The summed E-state index contributed by atoms with van der Waals surface area (Å²) in [6.45, 7) is 0.251. The first-order valence-corrected chi connectivity index (χ1v) is 9.18. The highest BCUT2D eigenvalue weighted by atomic mass is 35.5. The number of amides is 1. The Morgan fingerprint density at radius 2 is 1.93 bits per heavy atom. The van der Waals surface area contributed by atoms with E-state index in [2.05, 4.69) is 15.3 Å². The van der Waals surface area contributed by atoms with Crippen LogP contribution in [0.4, 0.5) is 4.39 Å². The Balaban J connectivity index is 1.60. The van der Waals surface area contributed by atoms with Gasteiger partial charge in [-0.15, -0.1) is 0 Å². The van der Waals surface area contributed by atoms with E-state index in [0.29, 0.717) is 11.1 Å². The third kappa shape index (κ3) is 4.17. The predicted molar refractivity (Wildman–Crippen MR) is 109 cm³/mol. The zero-order valence-electron chi connectivity index (χ0n) is 15.1. The Labute approximate surface area is 171 Å². The molecule has 0 spiro atoms. The van der Waals surface area contributed by atoms with Gasteiger partial charge in [0, 0.05) is 11.6 Å². The molecule has 0 radical (unpaired) electrons. The van der Waals surface area contributed by atoms with Crippen molar-refractivity contribution in [2.24, 2.45) is 0 Å². The third-order valence-corrected chi connectivity index (χ3v) is 4.54. The molecule has 2 heterocycles. The summed E-state index contributed by atoms with van der Waals surface area (Å²) in [5.41, 5.74) is 1.17. The number of ether oxygens (including phenoxy) is 1. The minimum absolute atomic E-state index is 0.199. The molecule has 0 atom stereocenters. The van der Waals surface area contributed by atoms with Crippen LogP contribution in [-0.2, 0) is 6.54 Å². The van der Waals surface area contributed by atoms with Gasteiger partial charge in [-0.2, -0.15) is 0 Å². The van der Waals surface area contributed by atoms with Crippen LogP contribution < -0.4 is 10.1 Å². The number of carbonyl (C=O) groups excluding carboxylic acids is 1. The summed E-state index contributed by atoms with van der Waals surface area (Å²) < 4.78 is 19.7. The van der Waals surface area contributed by atoms with Crippen LogP contribution in [0.1, 0.15) is 16.1 Å². The quantitative estimate of drug-likeness (QED) is 0.497.